The Hall–Kier alpha value is -2.52. The van der Waals surface area contributed by atoms with Crippen LogP contribution < -0.4 is 5.32 Å². The lowest BCUT2D eigenvalue weighted by Gasteiger charge is -2.28. The molecular formula is C30H55N3O7. The molecule has 0 saturated carbocycles. The molecule has 0 aromatic heterocycles. The van der Waals surface area contributed by atoms with Crippen molar-refractivity contribution in [2.75, 3.05) is 19.6 Å². The molecule has 2 atom stereocenters. The van der Waals surface area contributed by atoms with E-state index in [1.165, 1.54) is 43.4 Å². The summed E-state index contributed by atoms with van der Waals surface area (Å²) in [6.07, 6.45) is 11.9. The lowest BCUT2D eigenvalue weighted by Crippen LogP contribution is -2.47. The average Bonchev–Trinajstić information content (AvgIpc) is 3.51. The second-order valence-electron chi connectivity index (χ2n) is 12.8. The number of nitrogens with zero attached hydrogens (tertiary/aromatic N) is 2. The molecule has 232 valence electrons. The predicted octanol–water partition coefficient (Wildman–Crippen LogP) is 6.11. The molecule has 0 aliphatic carbocycles. The summed E-state index contributed by atoms with van der Waals surface area (Å²) >= 11 is 0. The van der Waals surface area contributed by atoms with Crippen LogP contribution in [-0.2, 0) is 19.1 Å². The van der Waals surface area contributed by atoms with E-state index in [9.17, 15) is 19.2 Å². The molecule has 0 unspecified atom stereocenters. The van der Waals surface area contributed by atoms with Crippen LogP contribution in [-0.4, -0.2) is 81.9 Å². The summed E-state index contributed by atoms with van der Waals surface area (Å²) in [5.74, 6) is -0.996. The van der Waals surface area contributed by atoms with Gasteiger partial charge in [0.2, 0.25) is 5.91 Å². The van der Waals surface area contributed by atoms with Crippen LogP contribution in [0.2, 0.25) is 0 Å². The van der Waals surface area contributed by atoms with Crippen molar-refractivity contribution in [2.24, 2.45) is 0 Å². The maximum Gasteiger partial charge on any atom is 0.411 e. The van der Waals surface area contributed by atoms with Crippen molar-refractivity contribution >= 4 is 24.1 Å². The van der Waals surface area contributed by atoms with Gasteiger partial charge in [0, 0.05) is 19.6 Å². The second-order valence-corrected chi connectivity index (χ2v) is 12.8. The number of aliphatic carboxylic acids is 1. The van der Waals surface area contributed by atoms with E-state index in [4.69, 9.17) is 14.6 Å². The quantitative estimate of drug-likeness (QED) is 0.287. The summed E-state index contributed by atoms with van der Waals surface area (Å²) in [6, 6.07) is -1.09. The number of likely N-dealkylation sites (tertiary alicyclic amines) is 2. The van der Waals surface area contributed by atoms with Gasteiger partial charge in [0.15, 0.2) is 0 Å². The molecule has 3 amide bonds. The van der Waals surface area contributed by atoms with E-state index in [0.29, 0.717) is 26.1 Å². The third kappa shape index (κ3) is 14.2. The lowest BCUT2D eigenvalue weighted by molar-refractivity contribution is -0.142. The third-order valence-corrected chi connectivity index (χ3v) is 6.68. The molecule has 0 aromatic carbocycles. The Balaban J connectivity index is 0.000000453. The van der Waals surface area contributed by atoms with Gasteiger partial charge in [0.05, 0.1) is 0 Å². The number of rotatable bonds is 11. The molecule has 2 aliphatic heterocycles. The SMILES string of the molecule is CC(C)(C)OC(=O)N1CCC[C@H]1C(=O)O.CCCCCCCCCCNC(=O)[C@@H]1CCCN1C(=O)OC(C)(C)C. The first-order valence-corrected chi connectivity index (χ1v) is 15.2. The number of carbonyl (C=O) groups is 4. The first-order valence-electron chi connectivity index (χ1n) is 15.2. The zero-order valence-corrected chi connectivity index (χ0v) is 26.1. The Morgan fingerprint density at radius 3 is 1.60 bits per heavy atom. The van der Waals surface area contributed by atoms with Crippen LogP contribution in [0.4, 0.5) is 9.59 Å². The Labute approximate surface area is 241 Å². The molecule has 0 radical (unpaired) electrons. The fraction of sp³-hybridized carbons (Fsp3) is 0.867. The van der Waals surface area contributed by atoms with Crippen LogP contribution in [0.15, 0.2) is 0 Å². The number of ether oxygens (including phenoxy) is 2. The number of amides is 3. The molecular weight excluding hydrogens is 514 g/mol. The molecule has 2 saturated heterocycles. The van der Waals surface area contributed by atoms with Gasteiger partial charge in [-0.15, -0.1) is 0 Å². The maximum atomic E-state index is 12.4. The fourth-order valence-corrected chi connectivity index (χ4v) is 4.73. The number of nitrogens with one attached hydrogen (secondary N) is 1. The van der Waals surface area contributed by atoms with Crippen molar-refractivity contribution in [3.05, 3.63) is 0 Å². The van der Waals surface area contributed by atoms with Gasteiger partial charge >= 0.3 is 18.2 Å². The molecule has 2 aliphatic rings. The summed E-state index contributed by atoms with van der Waals surface area (Å²) in [6.45, 7) is 14.8. The van der Waals surface area contributed by atoms with E-state index in [1.807, 2.05) is 20.8 Å². The van der Waals surface area contributed by atoms with Crippen LogP contribution in [0.1, 0.15) is 126 Å². The van der Waals surface area contributed by atoms with E-state index >= 15 is 0 Å². The lowest BCUT2D eigenvalue weighted by atomic mass is 10.1. The Morgan fingerprint density at radius 2 is 1.15 bits per heavy atom. The van der Waals surface area contributed by atoms with E-state index in [2.05, 4.69) is 12.2 Å². The number of carbonyl (C=O) groups excluding carboxylic acids is 3. The summed E-state index contributed by atoms with van der Waals surface area (Å²) in [5.41, 5.74) is -1.11. The van der Waals surface area contributed by atoms with Gasteiger partial charge in [-0.3, -0.25) is 14.6 Å². The molecule has 2 fully saturated rings. The van der Waals surface area contributed by atoms with Gasteiger partial charge in [-0.25, -0.2) is 14.4 Å². The van der Waals surface area contributed by atoms with E-state index in [-0.39, 0.29) is 18.0 Å². The molecule has 0 spiro atoms. The van der Waals surface area contributed by atoms with Crippen LogP contribution in [0.5, 0.6) is 0 Å². The number of unbranched alkanes of at least 4 members (excludes halogenated alkanes) is 7. The fourth-order valence-electron chi connectivity index (χ4n) is 4.73. The summed E-state index contributed by atoms with van der Waals surface area (Å²) in [5, 5.41) is 11.9. The number of hydrogen-bond donors (Lipinski definition) is 2. The second kappa shape index (κ2) is 17.3. The summed E-state index contributed by atoms with van der Waals surface area (Å²) in [7, 11) is 0. The van der Waals surface area contributed by atoms with Crippen molar-refractivity contribution in [3.8, 4) is 0 Å². The highest BCUT2D eigenvalue weighted by Gasteiger charge is 2.37. The number of hydrogen-bond acceptors (Lipinski definition) is 6. The van der Waals surface area contributed by atoms with Gasteiger partial charge in [-0.1, -0.05) is 51.9 Å². The van der Waals surface area contributed by atoms with Crippen LogP contribution in [0.3, 0.4) is 0 Å². The molecule has 10 heteroatoms. The van der Waals surface area contributed by atoms with Crippen molar-refractivity contribution < 1.29 is 33.8 Å². The van der Waals surface area contributed by atoms with Gasteiger partial charge in [-0.2, -0.15) is 0 Å². The van der Waals surface area contributed by atoms with Crippen molar-refractivity contribution in [1.82, 2.24) is 15.1 Å². The highest BCUT2D eigenvalue weighted by molar-refractivity contribution is 5.86. The standard InChI is InChI=1S/C20H38N2O3.C10H17NO4/c1-5-6-7-8-9-10-11-12-15-21-18(23)17-14-13-16-22(17)19(24)25-20(2,3)4;1-10(2,3)15-9(14)11-6-4-5-7(11)8(12)13/h17H,5-16H2,1-4H3,(H,21,23);7H,4-6H2,1-3H3,(H,12,13)/t17-;7-/m00/s1. The molecule has 2 rings (SSSR count). The highest BCUT2D eigenvalue weighted by Crippen LogP contribution is 2.22. The summed E-state index contributed by atoms with van der Waals surface area (Å²) in [4.78, 5) is 49.9. The zero-order valence-electron chi connectivity index (χ0n) is 26.1. The molecule has 2 N–H and O–H groups in total. The van der Waals surface area contributed by atoms with Crippen molar-refractivity contribution in [1.29, 1.82) is 0 Å². The molecule has 2 heterocycles. The van der Waals surface area contributed by atoms with Crippen molar-refractivity contribution in [2.45, 2.75) is 149 Å². The first-order chi connectivity index (χ1) is 18.7. The smallest absolute Gasteiger partial charge is 0.411 e. The Bertz CT molecular complexity index is 804. The van der Waals surface area contributed by atoms with E-state index < -0.39 is 29.3 Å². The minimum atomic E-state index is -0.960. The highest BCUT2D eigenvalue weighted by atomic mass is 16.6. The van der Waals surface area contributed by atoms with Gasteiger partial charge < -0.3 is 19.9 Å². The minimum absolute atomic E-state index is 0.0358. The minimum Gasteiger partial charge on any atom is -0.480 e. The third-order valence-electron chi connectivity index (χ3n) is 6.68. The molecule has 0 aromatic rings. The van der Waals surface area contributed by atoms with Gasteiger partial charge in [0.1, 0.15) is 23.3 Å². The Kier molecular flexibility index (Phi) is 15.4. The van der Waals surface area contributed by atoms with Crippen LogP contribution >= 0.6 is 0 Å². The van der Waals surface area contributed by atoms with Gasteiger partial charge in [-0.05, 0) is 73.6 Å². The van der Waals surface area contributed by atoms with E-state index in [1.54, 1.807) is 25.7 Å². The maximum absolute atomic E-state index is 12.4. The predicted molar refractivity (Wildman–Crippen MR) is 155 cm³/mol. The summed E-state index contributed by atoms with van der Waals surface area (Å²) < 4.78 is 10.5. The normalized spacial score (nSPS) is 19.1. The molecule has 10 nitrogen and oxygen atoms in total. The largest absolute Gasteiger partial charge is 0.480 e. The van der Waals surface area contributed by atoms with E-state index in [0.717, 1.165) is 32.1 Å². The monoisotopic (exact) mass is 569 g/mol. The van der Waals surface area contributed by atoms with Crippen molar-refractivity contribution in [3.63, 3.8) is 0 Å². The zero-order chi connectivity index (χ0) is 30.3. The topological polar surface area (TPSA) is 125 Å². The number of carboxylic acid groups (broad SMARTS) is 1. The first kappa shape index (κ1) is 35.5. The van der Waals surface area contributed by atoms with Crippen LogP contribution in [0.25, 0.3) is 0 Å². The molecule has 40 heavy (non-hydrogen) atoms. The molecule has 0 bridgehead atoms. The van der Waals surface area contributed by atoms with Gasteiger partial charge in [0.25, 0.3) is 0 Å². The Morgan fingerprint density at radius 1 is 0.725 bits per heavy atom. The average molecular weight is 570 g/mol. The number of carboxylic acids is 1. The van der Waals surface area contributed by atoms with Crippen LogP contribution in [0, 0.1) is 0 Å².